The number of carbonyl (C=O) groups excluding carboxylic acids is 1. The first-order valence-electron chi connectivity index (χ1n) is 6.81. The highest BCUT2D eigenvalue weighted by Gasteiger charge is 2.16. The van der Waals surface area contributed by atoms with E-state index in [1.807, 2.05) is 6.07 Å². The fourth-order valence-corrected chi connectivity index (χ4v) is 3.01. The second-order valence-corrected chi connectivity index (χ2v) is 7.28. The zero-order chi connectivity index (χ0) is 18.6. The van der Waals surface area contributed by atoms with Gasteiger partial charge in [0.1, 0.15) is 11.6 Å². The van der Waals surface area contributed by atoms with E-state index in [1.54, 1.807) is 24.3 Å². The Morgan fingerprint density at radius 3 is 2.44 bits per heavy atom. The molecule has 2 aromatic rings. The van der Waals surface area contributed by atoms with Crippen LogP contribution in [0.25, 0.3) is 6.08 Å². The number of anilines is 1. The summed E-state index contributed by atoms with van der Waals surface area (Å²) in [7, 11) is 1.41. The highest BCUT2D eigenvalue weighted by Crippen LogP contribution is 2.42. The lowest BCUT2D eigenvalue weighted by molar-refractivity contribution is -0.112. The van der Waals surface area contributed by atoms with Crippen LogP contribution in [0.1, 0.15) is 5.56 Å². The summed E-state index contributed by atoms with van der Waals surface area (Å²) >= 11 is 9.87. The average molecular weight is 531 g/mol. The number of phenolic OH excluding ortho intramolecular Hbond substituents is 1. The lowest BCUT2D eigenvalue weighted by atomic mass is 10.1. The number of nitrogens with zero attached hydrogens (tertiary/aromatic N) is 1. The Kier molecular flexibility index (Phi) is 6.64. The summed E-state index contributed by atoms with van der Waals surface area (Å²) in [6, 6.07) is 10.4. The maximum absolute atomic E-state index is 12.3. The number of carbonyl (C=O) groups is 1. The molecule has 0 aliphatic carbocycles. The number of nitriles is 1. The van der Waals surface area contributed by atoms with E-state index in [9.17, 15) is 15.2 Å². The minimum Gasteiger partial charge on any atom is -0.503 e. The van der Waals surface area contributed by atoms with E-state index in [-0.39, 0.29) is 17.1 Å². The SMILES string of the molecule is COc1cc(C=C(C#N)C(=O)Nc2ccc(Br)cc2)c(Br)c(Br)c1O. The van der Waals surface area contributed by atoms with Gasteiger partial charge in [-0.2, -0.15) is 5.26 Å². The van der Waals surface area contributed by atoms with Crippen molar-refractivity contribution in [2.75, 3.05) is 12.4 Å². The summed E-state index contributed by atoms with van der Waals surface area (Å²) in [6.45, 7) is 0. The first kappa shape index (κ1) is 19.5. The van der Waals surface area contributed by atoms with Crippen LogP contribution >= 0.6 is 47.8 Å². The highest BCUT2D eigenvalue weighted by molar-refractivity contribution is 9.13. The molecule has 2 aromatic carbocycles. The van der Waals surface area contributed by atoms with Gasteiger partial charge in [0, 0.05) is 14.6 Å². The molecule has 0 spiro atoms. The summed E-state index contributed by atoms with van der Waals surface area (Å²) in [4.78, 5) is 12.3. The van der Waals surface area contributed by atoms with Crippen LogP contribution in [0, 0.1) is 11.3 Å². The Hall–Kier alpha value is -1.82. The van der Waals surface area contributed by atoms with Crippen molar-refractivity contribution < 1.29 is 14.6 Å². The number of nitrogens with one attached hydrogen (secondary N) is 1. The molecule has 5 nitrogen and oxygen atoms in total. The normalized spacial score (nSPS) is 10.9. The van der Waals surface area contributed by atoms with Crippen LogP contribution < -0.4 is 10.1 Å². The Bertz CT molecular complexity index is 887. The van der Waals surface area contributed by atoms with Crippen LogP contribution in [0.3, 0.4) is 0 Å². The third-order valence-corrected chi connectivity index (χ3v) is 5.85. The number of aromatic hydroxyl groups is 1. The smallest absolute Gasteiger partial charge is 0.266 e. The third kappa shape index (κ3) is 4.63. The summed E-state index contributed by atoms with van der Waals surface area (Å²) in [5.74, 6) is -0.406. The van der Waals surface area contributed by atoms with Crippen LogP contribution in [-0.4, -0.2) is 18.1 Å². The van der Waals surface area contributed by atoms with E-state index in [0.717, 1.165) is 4.47 Å². The molecule has 0 bridgehead atoms. The van der Waals surface area contributed by atoms with Crippen molar-refractivity contribution in [2.45, 2.75) is 0 Å². The van der Waals surface area contributed by atoms with Crippen LogP contribution in [0.5, 0.6) is 11.5 Å². The second-order valence-electron chi connectivity index (χ2n) is 4.78. The Morgan fingerprint density at radius 1 is 1.24 bits per heavy atom. The zero-order valence-corrected chi connectivity index (χ0v) is 17.6. The number of methoxy groups -OCH3 is 1. The van der Waals surface area contributed by atoms with Crippen LogP contribution in [-0.2, 0) is 4.79 Å². The lowest BCUT2D eigenvalue weighted by Gasteiger charge is -2.10. The Labute approximate surface area is 169 Å². The van der Waals surface area contributed by atoms with Gasteiger partial charge < -0.3 is 15.2 Å². The van der Waals surface area contributed by atoms with E-state index in [2.05, 4.69) is 53.1 Å². The minimum absolute atomic E-state index is 0.0793. The predicted molar refractivity (Wildman–Crippen MR) is 106 cm³/mol. The number of hydrogen-bond donors (Lipinski definition) is 2. The summed E-state index contributed by atoms with van der Waals surface area (Å²) in [5.41, 5.74) is 0.977. The summed E-state index contributed by atoms with van der Waals surface area (Å²) < 4.78 is 6.83. The quantitative estimate of drug-likeness (QED) is 0.419. The molecule has 0 unspecified atom stereocenters. The van der Waals surface area contributed by atoms with Gasteiger partial charge in [0.25, 0.3) is 5.91 Å². The number of rotatable bonds is 4. The van der Waals surface area contributed by atoms with Crippen molar-refractivity contribution >= 4 is 65.5 Å². The maximum Gasteiger partial charge on any atom is 0.266 e. The molecule has 0 fully saturated rings. The van der Waals surface area contributed by atoms with E-state index >= 15 is 0 Å². The monoisotopic (exact) mass is 528 g/mol. The fraction of sp³-hybridized carbons (Fsp3) is 0.0588. The zero-order valence-electron chi connectivity index (χ0n) is 12.8. The van der Waals surface area contributed by atoms with Gasteiger partial charge in [0.15, 0.2) is 11.5 Å². The molecule has 1 amide bonds. The molecule has 0 saturated heterocycles. The Morgan fingerprint density at radius 2 is 1.88 bits per heavy atom. The minimum atomic E-state index is -0.542. The van der Waals surface area contributed by atoms with Crippen molar-refractivity contribution in [3.05, 3.63) is 54.9 Å². The molecule has 0 radical (unpaired) electrons. The number of ether oxygens (including phenoxy) is 1. The molecule has 25 heavy (non-hydrogen) atoms. The maximum atomic E-state index is 12.3. The van der Waals surface area contributed by atoms with Crippen LogP contribution in [0.4, 0.5) is 5.69 Å². The molecule has 0 saturated carbocycles. The fourth-order valence-electron chi connectivity index (χ4n) is 1.91. The molecule has 0 heterocycles. The van der Waals surface area contributed by atoms with Crippen molar-refractivity contribution in [1.82, 2.24) is 0 Å². The number of benzene rings is 2. The van der Waals surface area contributed by atoms with E-state index < -0.39 is 5.91 Å². The molecule has 0 aliphatic rings. The average Bonchev–Trinajstić information content (AvgIpc) is 2.61. The molecule has 2 N–H and O–H groups in total. The molecule has 2 rings (SSSR count). The van der Waals surface area contributed by atoms with Crippen LogP contribution in [0.2, 0.25) is 0 Å². The molecule has 8 heteroatoms. The summed E-state index contributed by atoms with van der Waals surface area (Å²) in [6.07, 6.45) is 1.41. The van der Waals surface area contributed by atoms with Gasteiger partial charge in [-0.25, -0.2) is 0 Å². The van der Waals surface area contributed by atoms with Gasteiger partial charge in [-0.3, -0.25) is 4.79 Å². The lowest BCUT2D eigenvalue weighted by Crippen LogP contribution is -2.13. The molecular weight excluding hydrogens is 520 g/mol. The van der Waals surface area contributed by atoms with Crippen LogP contribution in [0.15, 0.2) is 49.3 Å². The first-order chi connectivity index (χ1) is 11.9. The van der Waals surface area contributed by atoms with Crippen molar-refractivity contribution in [2.24, 2.45) is 0 Å². The first-order valence-corrected chi connectivity index (χ1v) is 9.19. The van der Waals surface area contributed by atoms with E-state index in [1.165, 1.54) is 19.3 Å². The molecule has 128 valence electrons. The van der Waals surface area contributed by atoms with E-state index in [0.29, 0.717) is 20.2 Å². The largest absolute Gasteiger partial charge is 0.503 e. The predicted octanol–water partition coefficient (Wildman–Crippen LogP) is 5.23. The highest BCUT2D eigenvalue weighted by atomic mass is 79.9. The van der Waals surface area contributed by atoms with E-state index in [4.69, 9.17) is 4.74 Å². The number of phenols is 1. The molecular formula is C17H11Br3N2O3. The third-order valence-electron chi connectivity index (χ3n) is 3.16. The molecule has 0 atom stereocenters. The number of hydrogen-bond acceptors (Lipinski definition) is 4. The second kappa shape index (κ2) is 8.52. The van der Waals surface area contributed by atoms with Gasteiger partial charge >= 0.3 is 0 Å². The summed E-state index contributed by atoms with van der Waals surface area (Å²) in [5, 5.41) is 21.9. The van der Waals surface area contributed by atoms with Crippen molar-refractivity contribution in [3.63, 3.8) is 0 Å². The van der Waals surface area contributed by atoms with Gasteiger partial charge in [-0.1, -0.05) is 15.9 Å². The van der Waals surface area contributed by atoms with Gasteiger partial charge in [-0.05, 0) is 73.8 Å². The topological polar surface area (TPSA) is 82.3 Å². The molecule has 0 aromatic heterocycles. The standard InChI is InChI=1S/C17H11Br3N2O3/c1-25-13-7-9(14(19)15(20)16(13)23)6-10(8-21)17(24)22-12-4-2-11(18)3-5-12/h2-7,23H,1H3,(H,22,24). The number of amides is 1. The van der Waals surface area contributed by atoms with Gasteiger partial charge in [0.2, 0.25) is 0 Å². The number of halogens is 3. The molecule has 0 aliphatic heterocycles. The van der Waals surface area contributed by atoms with Gasteiger partial charge in [-0.15, -0.1) is 0 Å². The Balaban J connectivity index is 2.37. The van der Waals surface area contributed by atoms with Crippen molar-refractivity contribution in [1.29, 1.82) is 5.26 Å². The van der Waals surface area contributed by atoms with Crippen molar-refractivity contribution in [3.8, 4) is 17.6 Å². The van der Waals surface area contributed by atoms with Gasteiger partial charge in [0.05, 0.1) is 11.6 Å².